The Morgan fingerprint density at radius 2 is 2.29 bits per heavy atom. The Hall–Kier alpha value is -0.650. The molecule has 0 bridgehead atoms. The summed E-state index contributed by atoms with van der Waals surface area (Å²) < 4.78 is 14.2. The van der Waals surface area contributed by atoms with Gasteiger partial charge in [0.05, 0.1) is 5.69 Å². The van der Waals surface area contributed by atoms with E-state index in [9.17, 15) is 9.18 Å². The third-order valence-corrected chi connectivity index (χ3v) is 3.54. The summed E-state index contributed by atoms with van der Waals surface area (Å²) in [5.74, 6) is -0.869. The van der Waals surface area contributed by atoms with Crippen molar-refractivity contribution in [3.05, 3.63) is 27.4 Å². The number of nitrogens with zero attached hydrogens (tertiary/aromatic N) is 1. The van der Waals surface area contributed by atoms with Crippen molar-refractivity contribution in [1.29, 1.82) is 0 Å². The van der Waals surface area contributed by atoms with Gasteiger partial charge in [-0.25, -0.2) is 4.39 Å². The Kier molecular flexibility index (Phi) is 3.70. The second-order valence-electron chi connectivity index (χ2n) is 3.98. The molecular weight excluding hydrogens is 312 g/mol. The van der Waals surface area contributed by atoms with E-state index in [0.29, 0.717) is 11.0 Å². The Bertz CT molecular complexity index is 446. The molecule has 1 aromatic carbocycles. The van der Waals surface area contributed by atoms with Gasteiger partial charge in [0.25, 0.3) is 0 Å². The van der Waals surface area contributed by atoms with E-state index >= 15 is 0 Å². The molecule has 0 aromatic heterocycles. The van der Waals surface area contributed by atoms with Crippen LogP contribution in [0, 0.1) is 11.7 Å². The molecule has 1 heterocycles. The van der Waals surface area contributed by atoms with E-state index in [1.54, 1.807) is 6.07 Å². The van der Waals surface area contributed by atoms with Crippen LogP contribution < -0.4 is 4.90 Å². The molecule has 1 unspecified atom stereocenters. The molecule has 1 N–H and O–H groups in total. The number of aliphatic hydroxyl groups excluding tert-OH is 1. The number of benzene rings is 1. The molecule has 1 aliphatic rings. The van der Waals surface area contributed by atoms with E-state index in [1.165, 1.54) is 11.0 Å². The van der Waals surface area contributed by atoms with Gasteiger partial charge in [0, 0.05) is 35.0 Å². The molecule has 1 fully saturated rings. The maximum Gasteiger partial charge on any atom is 0.227 e. The van der Waals surface area contributed by atoms with E-state index < -0.39 is 5.82 Å². The molecule has 0 aliphatic carbocycles. The summed E-state index contributed by atoms with van der Waals surface area (Å²) in [6.07, 6.45) is 0.241. The molecule has 0 spiro atoms. The molecule has 92 valence electrons. The first-order valence-electron chi connectivity index (χ1n) is 5.08. The molecule has 6 heteroatoms. The van der Waals surface area contributed by atoms with Gasteiger partial charge >= 0.3 is 0 Å². The summed E-state index contributed by atoms with van der Waals surface area (Å²) in [5, 5.41) is 9.29. The summed E-state index contributed by atoms with van der Waals surface area (Å²) in [6.45, 7) is 0.252. The summed E-state index contributed by atoms with van der Waals surface area (Å²) in [6, 6.07) is 2.71. The molecule has 1 saturated heterocycles. The van der Waals surface area contributed by atoms with Crippen molar-refractivity contribution in [2.24, 2.45) is 5.92 Å². The van der Waals surface area contributed by atoms with Crippen molar-refractivity contribution >= 4 is 39.1 Å². The Morgan fingerprint density at radius 3 is 2.82 bits per heavy atom. The number of amides is 1. The predicted molar refractivity (Wildman–Crippen MR) is 66.7 cm³/mol. The number of aliphatic hydroxyl groups is 1. The van der Waals surface area contributed by atoms with Gasteiger partial charge in [-0.15, -0.1) is 0 Å². The van der Waals surface area contributed by atoms with Gasteiger partial charge in [-0.05, 0) is 28.1 Å². The topological polar surface area (TPSA) is 40.5 Å². The minimum absolute atomic E-state index is 0.0743. The molecule has 1 aromatic rings. The van der Waals surface area contributed by atoms with Crippen LogP contribution in [0.3, 0.4) is 0 Å². The molecule has 17 heavy (non-hydrogen) atoms. The zero-order valence-electron chi connectivity index (χ0n) is 8.79. The Labute approximate surface area is 111 Å². The van der Waals surface area contributed by atoms with Gasteiger partial charge in [-0.1, -0.05) is 11.6 Å². The van der Waals surface area contributed by atoms with Gasteiger partial charge in [0.2, 0.25) is 5.91 Å². The lowest BCUT2D eigenvalue weighted by molar-refractivity contribution is -0.117. The van der Waals surface area contributed by atoms with Crippen molar-refractivity contribution in [3.8, 4) is 0 Å². The van der Waals surface area contributed by atoms with Crippen molar-refractivity contribution in [2.75, 3.05) is 18.1 Å². The SMILES string of the molecule is O=C1CC(CO)CN1c1c(F)cc(Cl)cc1Br. The summed E-state index contributed by atoms with van der Waals surface area (Å²) in [7, 11) is 0. The minimum Gasteiger partial charge on any atom is -0.396 e. The second kappa shape index (κ2) is 4.92. The monoisotopic (exact) mass is 321 g/mol. The normalized spacial score (nSPS) is 20.1. The van der Waals surface area contributed by atoms with Crippen molar-refractivity contribution in [1.82, 2.24) is 0 Å². The predicted octanol–water partition coefficient (Wildman–Crippen LogP) is 2.59. The quantitative estimate of drug-likeness (QED) is 0.909. The minimum atomic E-state index is -0.545. The zero-order chi connectivity index (χ0) is 12.6. The van der Waals surface area contributed by atoms with Crippen molar-refractivity contribution in [3.63, 3.8) is 0 Å². The molecule has 0 saturated carbocycles. The third kappa shape index (κ3) is 2.46. The van der Waals surface area contributed by atoms with Crippen LogP contribution in [0.1, 0.15) is 6.42 Å². The number of carbonyl (C=O) groups excluding carboxylic acids is 1. The third-order valence-electron chi connectivity index (χ3n) is 2.71. The molecule has 0 radical (unpaired) electrons. The van der Waals surface area contributed by atoms with E-state index in [4.69, 9.17) is 16.7 Å². The number of halogens is 3. The maximum atomic E-state index is 13.8. The number of hydrogen-bond acceptors (Lipinski definition) is 2. The maximum absolute atomic E-state index is 13.8. The lowest BCUT2D eigenvalue weighted by Crippen LogP contribution is -2.26. The molecule has 3 nitrogen and oxygen atoms in total. The van der Waals surface area contributed by atoms with E-state index in [1.807, 2.05) is 0 Å². The fourth-order valence-electron chi connectivity index (χ4n) is 1.91. The van der Waals surface area contributed by atoms with E-state index in [0.717, 1.165) is 0 Å². The van der Waals surface area contributed by atoms with Gasteiger partial charge in [0.15, 0.2) is 0 Å². The van der Waals surface area contributed by atoms with Crippen LogP contribution >= 0.6 is 27.5 Å². The highest BCUT2D eigenvalue weighted by molar-refractivity contribution is 9.10. The first-order valence-corrected chi connectivity index (χ1v) is 6.25. The number of anilines is 1. The van der Waals surface area contributed by atoms with Gasteiger partial charge < -0.3 is 10.0 Å². The molecule has 2 rings (SSSR count). The molecular formula is C11H10BrClFNO2. The number of hydrogen-bond donors (Lipinski definition) is 1. The standard InChI is InChI=1S/C11H10BrClFNO2/c12-8-2-7(13)3-9(14)11(8)15-4-6(5-16)1-10(15)17/h2-3,6,16H,1,4-5H2. The second-order valence-corrected chi connectivity index (χ2v) is 5.27. The van der Waals surface area contributed by atoms with Gasteiger partial charge in [0.1, 0.15) is 5.82 Å². The van der Waals surface area contributed by atoms with Crippen LogP contribution in [0.4, 0.5) is 10.1 Å². The Balaban J connectivity index is 2.38. The van der Waals surface area contributed by atoms with Crippen LogP contribution in [0.5, 0.6) is 0 Å². The van der Waals surface area contributed by atoms with Crippen LogP contribution in [0.2, 0.25) is 5.02 Å². The molecule has 1 aliphatic heterocycles. The van der Waals surface area contributed by atoms with Gasteiger partial charge in [-0.2, -0.15) is 0 Å². The highest BCUT2D eigenvalue weighted by Gasteiger charge is 2.32. The smallest absolute Gasteiger partial charge is 0.227 e. The fraction of sp³-hybridized carbons (Fsp3) is 0.364. The molecule has 1 amide bonds. The highest BCUT2D eigenvalue weighted by atomic mass is 79.9. The van der Waals surface area contributed by atoms with Gasteiger partial charge in [-0.3, -0.25) is 4.79 Å². The van der Waals surface area contributed by atoms with Crippen LogP contribution in [0.25, 0.3) is 0 Å². The van der Waals surface area contributed by atoms with Crippen LogP contribution in [-0.4, -0.2) is 24.2 Å². The van der Waals surface area contributed by atoms with E-state index in [-0.39, 0.29) is 35.6 Å². The summed E-state index contributed by atoms with van der Waals surface area (Å²) in [4.78, 5) is 13.1. The lowest BCUT2D eigenvalue weighted by Gasteiger charge is -2.19. The average molecular weight is 323 g/mol. The zero-order valence-corrected chi connectivity index (χ0v) is 11.1. The summed E-state index contributed by atoms with van der Waals surface area (Å²) >= 11 is 8.90. The van der Waals surface area contributed by atoms with Crippen molar-refractivity contribution < 1.29 is 14.3 Å². The number of rotatable bonds is 2. The van der Waals surface area contributed by atoms with Crippen LogP contribution in [0.15, 0.2) is 16.6 Å². The summed E-state index contributed by atoms with van der Waals surface area (Å²) in [5.41, 5.74) is 0.190. The Morgan fingerprint density at radius 1 is 1.59 bits per heavy atom. The van der Waals surface area contributed by atoms with Crippen LogP contribution in [-0.2, 0) is 4.79 Å². The fourth-order valence-corrected chi connectivity index (χ4v) is 2.90. The highest BCUT2D eigenvalue weighted by Crippen LogP contribution is 2.35. The van der Waals surface area contributed by atoms with Crippen molar-refractivity contribution in [2.45, 2.75) is 6.42 Å². The average Bonchev–Trinajstić information content (AvgIpc) is 2.59. The number of carbonyl (C=O) groups is 1. The first-order chi connectivity index (χ1) is 8.02. The first kappa shape index (κ1) is 12.8. The lowest BCUT2D eigenvalue weighted by atomic mass is 10.1. The largest absolute Gasteiger partial charge is 0.396 e. The molecule has 1 atom stereocenters. The van der Waals surface area contributed by atoms with E-state index in [2.05, 4.69) is 15.9 Å².